The largest absolute Gasteiger partial charge is 0.417 e. The Morgan fingerprint density at radius 1 is 1.23 bits per heavy atom. The molecule has 1 aliphatic heterocycles. The molecule has 0 saturated carbocycles. The third kappa shape index (κ3) is 3.49. The number of nitrogens with one attached hydrogen (secondary N) is 1. The topological polar surface area (TPSA) is 45.3 Å². The lowest BCUT2D eigenvalue weighted by Crippen LogP contribution is -2.44. The molecule has 1 aliphatic rings. The zero-order valence-corrected chi connectivity index (χ0v) is 14.9. The van der Waals surface area contributed by atoms with Crippen LogP contribution in [0.1, 0.15) is 23.6 Å². The molecule has 1 fully saturated rings. The number of benzene rings is 1. The first-order valence-electron chi connectivity index (χ1n) is 8.45. The number of ether oxygens (including phenoxy) is 1. The first kappa shape index (κ1) is 18.5. The highest BCUT2D eigenvalue weighted by atomic mass is 19.4. The van der Waals surface area contributed by atoms with E-state index in [1.807, 2.05) is 11.8 Å². The van der Waals surface area contributed by atoms with Gasteiger partial charge in [0.2, 0.25) is 5.56 Å². The minimum atomic E-state index is -4.51. The van der Waals surface area contributed by atoms with E-state index in [0.29, 0.717) is 31.0 Å². The van der Waals surface area contributed by atoms with E-state index in [1.165, 1.54) is 19.1 Å². The summed E-state index contributed by atoms with van der Waals surface area (Å²) in [6.07, 6.45) is -4.51. The van der Waals surface area contributed by atoms with Crippen molar-refractivity contribution in [3.05, 3.63) is 51.3 Å². The van der Waals surface area contributed by atoms with E-state index in [1.54, 1.807) is 19.1 Å². The molecular weight excluding hydrogens is 345 g/mol. The van der Waals surface area contributed by atoms with Crippen molar-refractivity contribution < 1.29 is 17.9 Å². The standard InChI is InChI=1S/C19H21F3N2O2/c1-11-4-5-15(18(13(11)3)19(20,21)22)16-8-14(9-17(25)23-16)24-6-7-26-10-12(24)2/h4-5,8-9,12H,6-7,10H2,1-3H3,(H,23,25)/t12-/m1/s1. The molecule has 1 N–H and O–H groups in total. The Morgan fingerprint density at radius 3 is 2.62 bits per heavy atom. The molecule has 4 nitrogen and oxygen atoms in total. The fourth-order valence-corrected chi connectivity index (χ4v) is 3.36. The van der Waals surface area contributed by atoms with E-state index < -0.39 is 17.3 Å². The van der Waals surface area contributed by atoms with Crippen molar-refractivity contribution in [2.75, 3.05) is 24.7 Å². The maximum absolute atomic E-state index is 13.7. The molecule has 140 valence electrons. The van der Waals surface area contributed by atoms with Crippen molar-refractivity contribution in [3.63, 3.8) is 0 Å². The molecule has 1 aromatic heterocycles. The Kier molecular flexibility index (Phi) is 4.84. The van der Waals surface area contributed by atoms with Gasteiger partial charge in [-0.3, -0.25) is 4.79 Å². The summed E-state index contributed by atoms with van der Waals surface area (Å²) in [5, 5.41) is 0. The van der Waals surface area contributed by atoms with Crippen LogP contribution >= 0.6 is 0 Å². The predicted molar refractivity (Wildman–Crippen MR) is 94.6 cm³/mol. The molecule has 1 saturated heterocycles. The number of alkyl halides is 3. The van der Waals surface area contributed by atoms with Crippen molar-refractivity contribution in [2.45, 2.75) is 33.0 Å². The predicted octanol–water partition coefficient (Wildman–Crippen LogP) is 3.90. The van der Waals surface area contributed by atoms with Crippen LogP contribution in [0.25, 0.3) is 11.3 Å². The number of hydrogen-bond donors (Lipinski definition) is 1. The van der Waals surface area contributed by atoms with Gasteiger partial charge in [0.25, 0.3) is 0 Å². The fourth-order valence-electron chi connectivity index (χ4n) is 3.36. The number of aryl methyl sites for hydroxylation is 1. The quantitative estimate of drug-likeness (QED) is 0.877. The molecule has 7 heteroatoms. The lowest BCUT2D eigenvalue weighted by molar-refractivity contribution is -0.137. The summed E-state index contributed by atoms with van der Waals surface area (Å²) in [5.74, 6) is 0. The maximum Gasteiger partial charge on any atom is 0.417 e. The van der Waals surface area contributed by atoms with Crippen LogP contribution in [0.4, 0.5) is 18.9 Å². The molecule has 2 heterocycles. The normalized spacial score (nSPS) is 18.2. The first-order valence-corrected chi connectivity index (χ1v) is 8.45. The molecule has 0 radical (unpaired) electrons. The second-order valence-corrected chi connectivity index (χ2v) is 6.66. The molecular formula is C19H21F3N2O2. The number of anilines is 1. The number of rotatable bonds is 2. The average Bonchev–Trinajstić information content (AvgIpc) is 2.55. The van der Waals surface area contributed by atoms with Gasteiger partial charge in [0, 0.05) is 29.9 Å². The van der Waals surface area contributed by atoms with Crippen LogP contribution in [0.3, 0.4) is 0 Å². The summed E-state index contributed by atoms with van der Waals surface area (Å²) in [6, 6.07) is 6.13. The number of nitrogens with zero attached hydrogens (tertiary/aromatic N) is 1. The molecule has 1 aromatic carbocycles. The fraction of sp³-hybridized carbons (Fsp3) is 0.421. The zero-order valence-electron chi connectivity index (χ0n) is 14.9. The number of H-pyrrole nitrogens is 1. The van der Waals surface area contributed by atoms with Crippen LogP contribution in [0.2, 0.25) is 0 Å². The Labute approximate surface area is 149 Å². The van der Waals surface area contributed by atoms with Crippen molar-refractivity contribution in [1.82, 2.24) is 4.98 Å². The van der Waals surface area contributed by atoms with Crippen molar-refractivity contribution in [2.24, 2.45) is 0 Å². The van der Waals surface area contributed by atoms with Gasteiger partial charge < -0.3 is 14.6 Å². The molecule has 1 atom stereocenters. The Morgan fingerprint density at radius 2 is 1.96 bits per heavy atom. The molecule has 0 unspecified atom stereocenters. The van der Waals surface area contributed by atoms with Gasteiger partial charge >= 0.3 is 6.18 Å². The van der Waals surface area contributed by atoms with E-state index in [9.17, 15) is 18.0 Å². The third-order valence-corrected chi connectivity index (χ3v) is 4.84. The van der Waals surface area contributed by atoms with Crippen LogP contribution in [0, 0.1) is 13.8 Å². The average molecular weight is 366 g/mol. The van der Waals surface area contributed by atoms with Gasteiger partial charge in [0.05, 0.1) is 24.5 Å². The van der Waals surface area contributed by atoms with Gasteiger partial charge in [0.1, 0.15) is 0 Å². The summed E-state index contributed by atoms with van der Waals surface area (Å²) < 4.78 is 46.4. The van der Waals surface area contributed by atoms with E-state index in [2.05, 4.69) is 4.98 Å². The molecule has 0 aliphatic carbocycles. The van der Waals surface area contributed by atoms with Gasteiger partial charge in [-0.2, -0.15) is 13.2 Å². The number of halogens is 3. The summed E-state index contributed by atoms with van der Waals surface area (Å²) in [7, 11) is 0. The number of hydrogen-bond acceptors (Lipinski definition) is 3. The van der Waals surface area contributed by atoms with Gasteiger partial charge in [-0.1, -0.05) is 12.1 Å². The maximum atomic E-state index is 13.7. The second-order valence-electron chi connectivity index (χ2n) is 6.66. The number of aromatic amines is 1. The van der Waals surface area contributed by atoms with E-state index in [-0.39, 0.29) is 22.9 Å². The number of morpholine rings is 1. The molecule has 0 bridgehead atoms. The van der Waals surface area contributed by atoms with Crippen LogP contribution in [0.15, 0.2) is 29.1 Å². The van der Waals surface area contributed by atoms with Crippen LogP contribution in [-0.2, 0) is 10.9 Å². The highest BCUT2D eigenvalue weighted by Crippen LogP contribution is 2.40. The highest BCUT2D eigenvalue weighted by molar-refractivity contribution is 5.70. The lowest BCUT2D eigenvalue weighted by atomic mass is 9.94. The second kappa shape index (κ2) is 6.79. The van der Waals surface area contributed by atoms with E-state index in [4.69, 9.17) is 4.74 Å². The SMILES string of the molecule is Cc1ccc(-c2cc(N3CCOC[C@H]3C)cc(=O)[nH]2)c(C(F)(F)F)c1C. The zero-order chi connectivity index (χ0) is 19.1. The molecule has 26 heavy (non-hydrogen) atoms. The number of aromatic nitrogens is 1. The van der Waals surface area contributed by atoms with Gasteiger partial charge in [0.15, 0.2) is 0 Å². The van der Waals surface area contributed by atoms with Gasteiger partial charge in [-0.15, -0.1) is 0 Å². The Hall–Kier alpha value is -2.28. The summed E-state index contributed by atoms with van der Waals surface area (Å²) in [6.45, 7) is 6.67. The van der Waals surface area contributed by atoms with Gasteiger partial charge in [-0.05, 0) is 38.0 Å². The number of pyridine rings is 1. The molecule has 3 rings (SSSR count). The lowest BCUT2D eigenvalue weighted by Gasteiger charge is -2.35. The molecule has 0 amide bonds. The third-order valence-electron chi connectivity index (χ3n) is 4.84. The Balaban J connectivity index is 2.17. The van der Waals surface area contributed by atoms with E-state index in [0.717, 1.165) is 0 Å². The Bertz CT molecular complexity index is 874. The van der Waals surface area contributed by atoms with Crippen LogP contribution < -0.4 is 10.5 Å². The smallest absolute Gasteiger partial charge is 0.377 e. The highest BCUT2D eigenvalue weighted by Gasteiger charge is 2.36. The molecule has 0 spiro atoms. The minimum Gasteiger partial charge on any atom is -0.377 e. The van der Waals surface area contributed by atoms with Crippen molar-refractivity contribution in [1.29, 1.82) is 0 Å². The monoisotopic (exact) mass is 366 g/mol. The minimum absolute atomic E-state index is 0.0135. The summed E-state index contributed by atoms with van der Waals surface area (Å²) >= 11 is 0. The van der Waals surface area contributed by atoms with E-state index >= 15 is 0 Å². The molecule has 2 aromatic rings. The first-order chi connectivity index (χ1) is 12.2. The summed E-state index contributed by atoms with van der Waals surface area (Å²) in [5.41, 5.74) is 0.346. The van der Waals surface area contributed by atoms with Crippen molar-refractivity contribution >= 4 is 5.69 Å². The van der Waals surface area contributed by atoms with Crippen LogP contribution in [0.5, 0.6) is 0 Å². The van der Waals surface area contributed by atoms with Crippen LogP contribution in [-0.4, -0.2) is 30.8 Å². The summed E-state index contributed by atoms with van der Waals surface area (Å²) in [4.78, 5) is 16.7. The van der Waals surface area contributed by atoms with Crippen molar-refractivity contribution in [3.8, 4) is 11.3 Å². The van der Waals surface area contributed by atoms with Gasteiger partial charge in [-0.25, -0.2) is 0 Å².